The fourth-order valence-electron chi connectivity index (χ4n) is 2.35. The van der Waals surface area contributed by atoms with Crippen LogP contribution < -0.4 is 5.73 Å². The van der Waals surface area contributed by atoms with E-state index in [4.69, 9.17) is 10.3 Å². The second-order valence-electron chi connectivity index (χ2n) is 4.39. The molecule has 3 N–H and O–H groups in total. The molecule has 1 aromatic carbocycles. The van der Waals surface area contributed by atoms with Gasteiger partial charge in [-0.2, -0.15) is 0 Å². The van der Waals surface area contributed by atoms with Gasteiger partial charge in [0.25, 0.3) is 0 Å². The van der Waals surface area contributed by atoms with Crippen LogP contribution in [0.2, 0.25) is 0 Å². The first-order chi connectivity index (χ1) is 8.72. The highest BCUT2D eigenvalue weighted by Crippen LogP contribution is 2.35. The first-order valence-corrected chi connectivity index (χ1v) is 6.04. The molecule has 2 heterocycles. The first kappa shape index (κ1) is 10.9. The number of H-pyrrole nitrogens is 1. The number of para-hydroxylation sites is 1. The van der Waals surface area contributed by atoms with Crippen molar-refractivity contribution >= 4 is 16.6 Å². The molecule has 4 nitrogen and oxygen atoms in total. The lowest BCUT2D eigenvalue weighted by molar-refractivity contribution is 0.389. The number of benzene rings is 1. The van der Waals surface area contributed by atoms with E-state index in [1.807, 2.05) is 32.0 Å². The van der Waals surface area contributed by atoms with Gasteiger partial charge < -0.3 is 15.2 Å². The van der Waals surface area contributed by atoms with E-state index in [-0.39, 0.29) is 0 Å². The van der Waals surface area contributed by atoms with Gasteiger partial charge in [0.2, 0.25) is 0 Å². The van der Waals surface area contributed by atoms with Crippen molar-refractivity contribution < 1.29 is 4.52 Å². The molecule has 0 bridgehead atoms. The smallest absolute Gasteiger partial charge is 0.159 e. The molecule has 0 saturated carbocycles. The number of fused-ring (bicyclic) bond motifs is 1. The molecule has 0 aliphatic rings. The molecule has 2 aromatic heterocycles. The van der Waals surface area contributed by atoms with Crippen molar-refractivity contribution in [3.05, 3.63) is 35.7 Å². The van der Waals surface area contributed by atoms with Crippen molar-refractivity contribution in [3.8, 4) is 11.3 Å². The average Bonchev–Trinajstić information content (AvgIpc) is 2.88. The summed E-state index contributed by atoms with van der Waals surface area (Å²) in [6.07, 6.45) is 0.750. The number of anilines is 1. The number of nitrogens with two attached hydrogens (primary N) is 1. The number of aryl methyl sites for hydroxylation is 2. The predicted octanol–water partition coefficient (Wildman–Crippen LogP) is 3.28. The van der Waals surface area contributed by atoms with Crippen LogP contribution in [0.5, 0.6) is 0 Å². The number of aromatic nitrogens is 2. The molecular weight excluding hydrogens is 226 g/mol. The fourth-order valence-corrected chi connectivity index (χ4v) is 2.35. The van der Waals surface area contributed by atoms with Crippen molar-refractivity contribution in [1.29, 1.82) is 0 Å². The number of hydrogen-bond acceptors (Lipinski definition) is 3. The Bertz CT molecular complexity index is 709. The second-order valence-corrected chi connectivity index (χ2v) is 4.39. The molecule has 0 spiro atoms. The summed E-state index contributed by atoms with van der Waals surface area (Å²) in [5.74, 6) is 0.745. The molecule has 0 saturated heterocycles. The van der Waals surface area contributed by atoms with Crippen molar-refractivity contribution in [3.63, 3.8) is 0 Å². The molecule has 0 amide bonds. The topological polar surface area (TPSA) is 67.8 Å². The highest BCUT2D eigenvalue weighted by Gasteiger charge is 2.18. The maximum atomic E-state index is 6.09. The highest BCUT2D eigenvalue weighted by molar-refractivity contribution is 5.99. The van der Waals surface area contributed by atoms with Crippen LogP contribution in [0.25, 0.3) is 22.2 Å². The number of rotatable bonds is 2. The average molecular weight is 241 g/mol. The van der Waals surface area contributed by atoms with Gasteiger partial charge in [0.15, 0.2) is 5.76 Å². The van der Waals surface area contributed by atoms with Crippen molar-refractivity contribution in [2.75, 3.05) is 5.73 Å². The summed E-state index contributed by atoms with van der Waals surface area (Å²) in [5, 5.41) is 5.24. The van der Waals surface area contributed by atoms with Crippen LogP contribution in [0.15, 0.2) is 28.8 Å². The molecule has 3 aromatic rings. The van der Waals surface area contributed by atoms with Crippen LogP contribution in [0.1, 0.15) is 18.4 Å². The van der Waals surface area contributed by atoms with Crippen LogP contribution in [0.4, 0.5) is 5.69 Å². The quantitative estimate of drug-likeness (QED) is 0.723. The molecule has 0 aliphatic heterocycles. The Hall–Kier alpha value is -2.23. The molecule has 92 valence electrons. The number of aromatic amines is 1. The fraction of sp³-hybridized carbons (Fsp3) is 0.214. The first-order valence-electron chi connectivity index (χ1n) is 6.04. The van der Waals surface area contributed by atoms with Crippen LogP contribution in [0, 0.1) is 6.92 Å². The minimum Gasteiger partial charge on any atom is -0.394 e. The monoisotopic (exact) mass is 241 g/mol. The maximum absolute atomic E-state index is 6.09. The largest absolute Gasteiger partial charge is 0.394 e. The lowest BCUT2D eigenvalue weighted by Gasteiger charge is -1.98. The van der Waals surface area contributed by atoms with Gasteiger partial charge in [0, 0.05) is 28.6 Å². The Kier molecular flexibility index (Phi) is 2.37. The Morgan fingerprint density at radius 1 is 1.33 bits per heavy atom. The van der Waals surface area contributed by atoms with E-state index in [1.165, 1.54) is 0 Å². The standard InChI is InChI=1S/C14H15N3O/c1-3-11-13(15)14(17-18-11)12-8(2)16-10-7-5-4-6-9(10)12/h4-7,16H,3,15H2,1-2H3. The molecule has 0 atom stereocenters. The van der Waals surface area contributed by atoms with Crippen molar-refractivity contribution in [1.82, 2.24) is 10.1 Å². The summed E-state index contributed by atoms with van der Waals surface area (Å²) in [7, 11) is 0. The Morgan fingerprint density at radius 2 is 2.11 bits per heavy atom. The van der Waals surface area contributed by atoms with Crippen LogP contribution >= 0.6 is 0 Å². The van der Waals surface area contributed by atoms with E-state index in [1.54, 1.807) is 0 Å². The Balaban J connectivity index is 2.31. The Morgan fingerprint density at radius 3 is 2.83 bits per heavy atom. The molecule has 18 heavy (non-hydrogen) atoms. The van der Waals surface area contributed by atoms with Crippen LogP contribution in [-0.2, 0) is 6.42 Å². The summed E-state index contributed by atoms with van der Waals surface area (Å²) in [5.41, 5.74) is 10.7. The van der Waals surface area contributed by atoms with E-state index in [0.717, 1.165) is 40.0 Å². The lowest BCUT2D eigenvalue weighted by Crippen LogP contribution is -1.91. The number of nitrogen functional groups attached to an aromatic ring is 1. The minimum atomic E-state index is 0.644. The van der Waals surface area contributed by atoms with E-state index < -0.39 is 0 Å². The summed E-state index contributed by atoms with van der Waals surface area (Å²) >= 11 is 0. The number of nitrogens with one attached hydrogen (secondary N) is 1. The zero-order valence-electron chi connectivity index (χ0n) is 10.4. The highest BCUT2D eigenvalue weighted by atomic mass is 16.5. The van der Waals surface area contributed by atoms with Gasteiger partial charge in [-0.05, 0) is 13.0 Å². The zero-order valence-corrected chi connectivity index (χ0v) is 10.4. The maximum Gasteiger partial charge on any atom is 0.159 e. The molecule has 0 fully saturated rings. The zero-order chi connectivity index (χ0) is 12.7. The van der Waals surface area contributed by atoms with Crippen molar-refractivity contribution in [2.24, 2.45) is 0 Å². The third kappa shape index (κ3) is 1.42. The Labute approximate surface area is 105 Å². The van der Waals surface area contributed by atoms with Gasteiger partial charge in [-0.1, -0.05) is 30.3 Å². The summed E-state index contributed by atoms with van der Waals surface area (Å²) < 4.78 is 5.28. The van der Waals surface area contributed by atoms with Crippen molar-refractivity contribution in [2.45, 2.75) is 20.3 Å². The third-order valence-corrected chi connectivity index (χ3v) is 3.25. The second kappa shape index (κ2) is 3.91. The molecular formula is C14H15N3O. The third-order valence-electron chi connectivity index (χ3n) is 3.25. The number of hydrogen-bond donors (Lipinski definition) is 2. The molecule has 0 radical (unpaired) electrons. The lowest BCUT2D eigenvalue weighted by atomic mass is 10.1. The molecule has 4 heteroatoms. The van der Waals surface area contributed by atoms with Gasteiger partial charge in [-0.3, -0.25) is 0 Å². The predicted molar refractivity (Wildman–Crippen MR) is 72.3 cm³/mol. The summed E-state index contributed by atoms with van der Waals surface area (Å²) in [4.78, 5) is 3.34. The number of nitrogens with zero attached hydrogens (tertiary/aromatic N) is 1. The van der Waals surface area contributed by atoms with Gasteiger partial charge in [0.1, 0.15) is 11.4 Å². The normalized spacial score (nSPS) is 11.2. The molecule has 0 unspecified atom stereocenters. The van der Waals surface area contributed by atoms with Crippen LogP contribution in [-0.4, -0.2) is 10.1 Å². The molecule has 0 aliphatic carbocycles. The molecule has 3 rings (SSSR count). The van der Waals surface area contributed by atoms with Gasteiger partial charge in [0.05, 0.1) is 0 Å². The van der Waals surface area contributed by atoms with E-state index in [9.17, 15) is 0 Å². The minimum absolute atomic E-state index is 0.644. The summed E-state index contributed by atoms with van der Waals surface area (Å²) in [6.45, 7) is 4.03. The van der Waals surface area contributed by atoms with Gasteiger partial charge in [-0.15, -0.1) is 0 Å². The van der Waals surface area contributed by atoms with E-state index >= 15 is 0 Å². The van der Waals surface area contributed by atoms with E-state index in [0.29, 0.717) is 5.69 Å². The summed E-state index contributed by atoms with van der Waals surface area (Å²) in [6, 6.07) is 8.12. The van der Waals surface area contributed by atoms with Gasteiger partial charge in [-0.25, -0.2) is 0 Å². The SMILES string of the molecule is CCc1onc(-c2c(C)[nH]c3ccccc23)c1N. The van der Waals surface area contributed by atoms with E-state index in [2.05, 4.69) is 16.2 Å². The van der Waals surface area contributed by atoms with Gasteiger partial charge >= 0.3 is 0 Å². The van der Waals surface area contributed by atoms with Crippen LogP contribution in [0.3, 0.4) is 0 Å².